The van der Waals surface area contributed by atoms with E-state index < -0.39 is 0 Å². The van der Waals surface area contributed by atoms with Gasteiger partial charge in [0.2, 0.25) is 0 Å². The van der Waals surface area contributed by atoms with Crippen LogP contribution in [-0.4, -0.2) is 35.2 Å². The minimum Gasteiger partial charge on any atom is -0.392 e. The topological polar surface area (TPSA) is 23.5 Å². The lowest BCUT2D eigenvalue weighted by Crippen LogP contribution is -2.43. The van der Waals surface area contributed by atoms with E-state index in [0.717, 1.165) is 0 Å². The Kier molecular flexibility index (Phi) is 3.34. The summed E-state index contributed by atoms with van der Waals surface area (Å²) in [6, 6.07) is 0.343. The Hall–Kier alpha value is -0.0800. The van der Waals surface area contributed by atoms with Gasteiger partial charge in [-0.05, 0) is 39.8 Å². The number of piperidine rings is 1. The Morgan fingerprint density at radius 1 is 1.09 bits per heavy atom. The van der Waals surface area contributed by atoms with E-state index in [2.05, 4.69) is 11.8 Å². The van der Waals surface area contributed by atoms with Crippen LogP contribution in [0.3, 0.4) is 0 Å². The molecule has 66 valence electrons. The van der Waals surface area contributed by atoms with Crippen LogP contribution in [0, 0.1) is 0 Å². The minimum atomic E-state index is -0.187. The highest BCUT2D eigenvalue weighted by Gasteiger charge is 2.19. The van der Waals surface area contributed by atoms with E-state index in [1.165, 1.54) is 32.4 Å². The zero-order valence-electron chi connectivity index (χ0n) is 7.58. The van der Waals surface area contributed by atoms with Crippen molar-refractivity contribution in [2.24, 2.45) is 0 Å². The van der Waals surface area contributed by atoms with Crippen LogP contribution >= 0.6 is 0 Å². The van der Waals surface area contributed by atoms with Crippen LogP contribution in [0.2, 0.25) is 0 Å². The van der Waals surface area contributed by atoms with Gasteiger partial charge < -0.3 is 5.11 Å². The molecular formula is C9H19NO. The molecule has 0 aromatic rings. The molecule has 0 radical (unpaired) electrons. The summed E-state index contributed by atoms with van der Waals surface area (Å²) in [4.78, 5) is 2.38. The summed E-state index contributed by atoms with van der Waals surface area (Å²) in [5.74, 6) is 0. The number of aliphatic hydroxyl groups is 1. The molecule has 2 heteroatoms. The van der Waals surface area contributed by atoms with Gasteiger partial charge in [0, 0.05) is 6.04 Å². The summed E-state index contributed by atoms with van der Waals surface area (Å²) in [5, 5.41) is 9.33. The third-order valence-electron chi connectivity index (χ3n) is 2.66. The van der Waals surface area contributed by atoms with Crippen molar-refractivity contribution in [3.63, 3.8) is 0 Å². The highest BCUT2D eigenvalue weighted by atomic mass is 16.3. The van der Waals surface area contributed by atoms with E-state index in [1.54, 1.807) is 0 Å². The summed E-state index contributed by atoms with van der Waals surface area (Å²) in [5.41, 5.74) is 0. The van der Waals surface area contributed by atoms with E-state index in [0.29, 0.717) is 6.04 Å². The molecule has 1 aliphatic rings. The highest BCUT2D eigenvalue weighted by Crippen LogP contribution is 2.13. The van der Waals surface area contributed by atoms with Gasteiger partial charge in [0.15, 0.2) is 0 Å². The molecule has 11 heavy (non-hydrogen) atoms. The van der Waals surface area contributed by atoms with E-state index in [9.17, 15) is 5.11 Å². The molecule has 0 unspecified atom stereocenters. The Bertz CT molecular complexity index is 108. The van der Waals surface area contributed by atoms with Crippen LogP contribution in [0.15, 0.2) is 0 Å². The second-order valence-corrected chi connectivity index (χ2v) is 3.58. The molecule has 0 saturated carbocycles. The van der Waals surface area contributed by atoms with Gasteiger partial charge in [-0.2, -0.15) is 0 Å². The van der Waals surface area contributed by atoms with Gasteiger partial charge in [-0.15, -0.1) is 0 Å². The Morgan fingerprint density at radius 2 is 1.64 bits per heavy atom. The molecule has 1 aliphatic heterocycles. The van der Waals surface area contributed by atoms with Gasteiger partial charge in [-0.1, -0.05) is 6.42 Å². The first-order valence-corrected chi connectivity index (χ1v) is 4.64. The molecule has 0 amide bonds. The lowest BCUT2D eigenvalue weighted by atomic mass is 10.1. The monoisotopic (exact) mass is 157 g/mol. The number of hydrogen-bond acceptors (Lipinski definition) is 2. The fourth-order valence-corrected chi connectivity index (χ4v) is 1.63. The van der Waals surface area contributed by atoms with Gasteiger partial charge in [-0.3, -0.25) is 4.90 Å². The fraction of sp³-hybridized carbons (Fsp3) is 1.00. The van der Waals surface area contributed by atoms with Gasteiger partial charge in [-0.25, -0.2) is 0 Å². The molecule has 0 aliphatic carbocycles. The Labute approximate surface area is 69.2 Å². The van der Waals surface area contributed by atoms with Crippen molar-refractivity contribution in [3.05, 3.63) is 0 Å². The third-order valence-corrected chi connectivity index (χ3v) is 2.66. The Balaban J connectivity index is 2.32. The quantitative estimate of drug-likeness (QED) is 0.652. The van der Waals surface area contributed by atoms with Crippen molar-refractivity contribution in [3.8, 4) is 0 Å². The maximum atomic E-state index is 9.33. The van der Waals surface area contributed by atoms with Crippen molar-refractivity contribution in [2.45, 2.75) is 45.3 Å². The first kappa shape index (κ1) is 9.01. The first-order chi connectivity index (χ1) is 5.22. The van der Waals surface area contributed by atoms with Crippen molar-refractivity contribution in [2.75, 3.05) is 13.1 Å². The summed E-state index contributed by atoms with van der Waals surface area (Å²) >= 11 is 0. The lowest BCUT2D eigenvalue weighted by molar-refractivity contribution is 0.0591. The normalized spacial score (nSPS) is 26.5. The predicted octanol–water partition coefficient (Wildman–Crippen LogP) is 1.24. The van der Waals surface area contributed by atoms with Crippen molar-refractivity contribution < 1.29 is 5.11 Å². The Morgan fingerprint density at radius 3 is 2.09 bits per heavy atom. The maximum absolute atomic E-state index is 9.33. The number of rotatable bonds is 2. The van der Waals surface area contributed by atoms with E-state index in [-0.39, 0.29) is 6.10 Å². The largest absolute Gasteiger partial charge is 0.392 e. The average molecular weight is 157 g/mol. The van der Waals surface area contributed by atoms with Crippen LogP contribution in [0.1, 0.15) is 33.1 Å². The van der Waals surface area contributed by atoms with Crippen LogP contribution < -0.4 is 0 Å². The lowest BCUT2D eigenvalue weighted by Gasteiger charge is -2.33. The maximum Gasteiger partial charge on any atom is 0.0664 e. The molecule has 0 aromatic heterocycles. The SMILES string of the molecule is C[C@H]([C@@H](C)O)N1CCCCC1. The van der Waals surface area contributed by atoms with Gasteiger partial charge >= 0.3 is 0 Å². The molecule has 0 aromatic carbocycles. The van der Waals surface area contributed by atoms with E-state index >= 15 is 0 Å². The summed E-state index contributed by atoms with van der Waals surface area (Å²) in [7, 11) is 0. The van der Waals surface area contributed by atoms with Crippen molar-refractivity contribution in [1.29, 1.82) is 0 Å². The molecule has 0 bridgehead atoms. The second-order valence-electron chi connectivity index (χ2n) is 3.58. The summed E-state index contributed by atoms with van der Waals surface area (Å²) in [6.07, 6.45) is 3.78. The molecule has 1 rings (SSSR count). The second kappa shape index (κ2) is 4.07. The number of nitrogens with zero attached hydrogens (tertiary/aromatic N) is 1. The standard InChI is InChI=1S/C9H19NO/c1-8(9(2)11)10-6-4-3-5-7-10/h8-9,11H,3-7H2,1-2H3/t8-,9-/m1/s1. The molecule has 2 atom stereocenters. The molecule has 0 spiro atoms. The molecule has 1 heterocycles. The summed E-state index contributed by atoms with van der Waals surface area (Å²) < 4.78 is 0. The molecule has 1 saturated heterocycles. The number of likely N-dealkylation sites (tertiary alicyclic amines) is 1. The smallest absolute Gasteiger partial charge is 0.0664 e. The summed E-state index contributed by atoms with van der Waals surface area (Å²) in [6.45, 7) is 6.33. The zero-order chi connectivity index (χ0) is 8.27. The van der Waals surface area contributed by atoms with E-state index in [1.807, 2.05) is 6.92 Å². The van der Waals surface area contributed by atoms with Crippen LogP contribution in [0.4, 0.5) is 0 Å². The number of aliphatic hydroxyl groups excluding tert-OH is 1. The molecule has 1 N–H and O–H groups in total. The van der Waals surface area contributed by atoms with Gasteiger partial charge in [0.25, 0.3) is 0 Å². The molecular weight excluding hydrogens is 138 g/mol. The van der Waals surface area contributed by atoms with Crippen LogP contribution in [0.25, 0.3) is 0 Å². The van der Waals surface area contributed by atoms with Crippen molar-refractivity contribution in [1.82, 2.24) is 4.90 Å². The van der Waals surface area contributed by atoms with E-state index in [4.69, 9.17) is 0 Å². The number of hydrogen-bond donors (Lipinski definition) is 1. The van der Waals surface area contributed by atoms with Crippen LogP contribution in [-0.2, 0) is 0 Å². The zero-order valence-corrected chi connectivity index (χ0v) is 7.58. The highest BCUT2D eigenvalue weighted by molar-refractivity contribution is 4.74. The average Bonchev–Trinajstić information content (AvgIpc) is 2.05. The van der Waals surface area contributed by atoms with Gasteiger partial charge in [0.1, 0.15) is 0 Å². The van der Waals surface area contributed by atoms with Crippen molar-refractivity contribution >= 4 is 0 Å². The predicted molar refractivity (Wildman–Crippen MR) is 46.6 cm³/mol. The first-order valence-electron chi connectivity index (χ1n) is 4.64. The minimum absolute atomic E-state index is 0.187. The molecule has 2 nitrogen and oxygen atoms in total. The third kappa shape index (κ3) is 2.46. The fourth-order valence-electron chi connectivity index (χ4n) is 1.63. The van der Waals surface area contributed by atoms with Crippen LogP contribution in [0.5, 0.6) is 0 Å². The molecule has 1 fully saturated rings. The van der Waals surface area contributed by atoms with Gasteiger partial charge in [0.05, 0.1) is 6.10 Å².